The largest absolute Gasteiger partial charge is 0.350 e. The quantitative estimate of drug-likeness (QED) is 0.351. The number of nitro groups is 1. The number of thiophene rings is 1. The minimum Gasteiger partial charge on any atom is -0.350 e. The third kappa shape index (κ3) is 4.38. The lowest BCUT2D eigenvalue weighted by molar-refractivity contribution is -0.385. The minimum atomic E-state index is -0.546. The zero-order valence-electron chi connectivity index (χ0n) is 14.7. The Bertz CT molecular complexity index is 1010. The molecule has 10 nitrogen and oxygen atoms in total. The topological polar surface area (TPSA) is 140 Å². The molecule has 0 unspecified atom stereocenters. The van der Waals surface area contributed by atoms with Crippen LogP contribution in [0, 0.1) is 17.0 Å². The predicted molar refractivity (Wildman–Crippen MR) is 100 cm³/mol. The summed E-state index contributed by atoms with van der Waals surface area (Å²) in [6.07, 6.45) is 0. The van der Waals surface area contributed by atoms with Crippen LogP contribution in [0.25, 0.3) is 10.7 Å². The van der Waals surface area contributed by atoms with Crippen molar-refractivity contribution in [3.63, 3.8) is 0 Å². The van der Waals surface area contributed by atoms with Gasteiger partial charge in [-0.25, -0.2) is 0 Å². The fourth-order valence-corrected chi connectivity index (χ4v) is 3.00. The Hall–Kier alpha value is -3.60. The maximum absolute atomic E-state index is 12.1. The number of nitro benzene ring substituents is 1. The smallest absolute Gasteiger partial charge is 0.316 e. The summed E-state index contributed by atoms with van der Waals surface area (Å²) in [6, 6.07) is 7.75. The molecule has 11 heteroatoms. The second-order valence-electron chi connectivity index (χ2n) is 5.67. The van der Waals surface area contributed by atoms with E-state index in [0.717, 1.165) is 4.88 Å². The zero-order valence-corrected chi connectivity index (χ0v) is 15.5. The molecule has 2 heterocycles. The van der Waals surface area contributed by atoms with Crippen molar-refractivity contribution in [2.24, 2.45) is 0 Å². The fraction of sp³-hybridized carbons (Fsp3) is 0.176. The Balaban J connectivity index is 1.48. The van der Waals surface area contributed by atoms with Gasteiger partial charge in [0.25, 0.3) is 11.6 Å². The van der Waals surface area contributed by atoms with Gasteiger partial charge in [-0.2, -0.15) is 4.98 Å². The monoisotopic (exact) mass is 401 g/mol. The van der Waals surface area contributed by atoms with E-state index in [2.05, 4.69) is 20.8 Å². The summed E-state index contributed by atoms with van der Waals surface area (Å²) in [5.74, 6) is -0.775. The Labute approximate surface area is 162 Å². The first-order valence-corrected chi connectivity index (χ1v) is 9.02. The van der Waals surface area contributed by atoms with E-state index in [1.165, 1.54) is 29.5 Å². The van der Waals surface area contributed by atoms with Gasteiger partial charge >= 0.3 is 11.8 Å². The van der Waals surface area contributed by atoms with Crippen LogP contribution in [0.5, 0.6) is 0 Å². The van der Waals surface area contributed by atoms with Crippen LogP contribution in [-0.2, 0) is 0 Å². The summed E-state index contributed by atoms with van der Waals surface area (Å²) in [6.45, 7) is 1.86. The van der Waals surface area contributed by atoms with Crippen LogP contribution in [0.3, 0.4) is 0 Å². The van der Waals surface area contributed by atoms with E-state index in [1.54, 1.807) is 6.92 Å². The van der Waals surface area contributed by atoms with Crippen LogP contribution in [0.1, 0.15) is 26.6 Å². The van der Waals surface area contributed by atoms with E-state index in [0.29, 0.717) is 17.0 Å². The standard InChI is InChI=1S/C17H15N5O5S/c1-10-9-11(4-5-12(10)22(25)26)15(23)18-6-7-19-16(24)17-20-14(21-27-17)13-3-2-8-28-13/h2-5,8-9H,6-7H2,1H3,(H,18,23)(H,19,24). The molecule has 0 atom stereocenters. The summed E-state index contributed by atoms with van der Waals surface area (Å²) in [7, 11) is 0. The number of hydrogen-bond donors (Lipinski definition) is 2. The second kappa shape index (κ2) is 8.39. The number of benzene rings is 1. The fourth-order valence-electron chi connectivity index (χ4n) is 2.35. The van der Waals surface area contributed by atoms with Gasteiger partial charge in [0.2, 0.25) is 5.82 Å². The van der Waals surface area contributed by atoms with Gasteiger partial charge in [0, 0.05) is 30.3 Å². The van der Waals surface area contributed by atoms with E-state index in [-0.39, 0.29) is 24.7 Å². The van der Waals surface area contributed by atoms with E-state index in [1.807, 2.05) is 17.5 Å². The van der Waals surface area contributed by atoms with Gasteiger partial charge in [-0.15, -0.1) is 11.3 Å². The average molecular weight is 401 g/mol. The normalized spacial score (nSPS) is 10.5. The number of carbonyl (C=O) groups excluding carboxylic acids is 2. The molecule has 3 rings (SSSR count). The lowest BCUT2D eigenvalue weighted by Crippen LogP contribution is -2.34. The Kier molecular flexibility index (Phi) is 5.75. The first-order valence-electron chi connectivity index (χ1n) is 8.14. The second-order valence-corrected chi connectivity index (χ2v) is 6.62. The van der Waals surface area contributed by atoms with Crippen molar-refractivity contribution in [2.75, 3.05) is 13.1 Å². The minimum absolute atomic E-state index is 0.0507. The number of aryl methyl sites for hydroxylation is 1. The summed E-state index contributed by atoms with van der Waals surface area (Å²) < 4.78 is 4.93. The number of amides is 2. The molecule has 3 aromatic rings. The highest BCUT2D eigenvalue weighted by Gasteiger charge is 2.17. The highest BCUT2D eigenvalue weighted by molar-refractivity contribution is 7.13. The SMILES string of the molecule is Cc1cc(C(=O)NCCNC(=O)c2nc(-c3cccs3)no2)ccc1[N+](=O)[O-]. The molecule has 0 saturated carbocycles. The first kappa shape index (κ1) is 19.2. The molecule has 0 aliphatic carbocycles. The van der Waals surface area contributed by atoms with Crippen molar-refractivity contribution in [2.45, 2.75) is 6.92 Å². The van der Waals surface area contributed by atoms with Crippen molar-refractivity contribution in [3.05, 3.63) is 62.8 Å². The van der Waals surface area contributed by atoms with E-state index < -0.39 is 16.7 Å². The van der Waals surface area contributed by atoms with Crippen molar-refractivity contribution < 1.29 is 19.0 Å². The molecule has 0 bridgehead atoms. The summed E-state index contributed by atoms with van der Waals surface area (Å²) in [4.78, 5) is 39.2. The van der Waals surface area contributed by atoms with Crippen molar-refractivity contribution in [3.8, 4) is 10.7 Å². The van der Waals surface area contributed by atoms with Crippen LogP contribution < -0.4 is 10.6 Å². The number of aromatic nitrogens is 2. The molecule has 1 aromatic carbocycles. The van der Waals surface area contributed by atoms with Crippen molar-refractivity contribution >= 4 is 28.8 Å². The van der Waals surface area contributed by atoms with Gasteiger partial charge in [-0.1, -0.05) is 11.2 Å². The molecule has 0 saturated heterocycles. The van der Waals surface area contributed by atoms with Gasteiger partial charge in [0.1, 0.15) is 0 Å². The molecule has 2 amide bonds. The van der Waals surface area contributed by atoms with Crippen LogP contribution in [0.4, 0.5) is 5.69 Å². The number of nitrogens with one attached hydrogen (secondary N) is 2. The summed E-state index contributed by atoms with van der Waals surface area (Å²) in [5, 5.41) is 21.6. The molecule has 0 fully saturated rings. The maximum Gasteiger partial charge on any atom is 0.316 e. The molecule has 0 aliphatic heterocycles. The van der Waals surface area contributed by atoms with Gasteiger partial charge in [0.15, 0.2) is 0 Å². The lowest BCUT2D eigenvalue weighted by atomic mass is 10.1. The number of carbonyl (C=O) groups is 2. The lowest BCUT2D eigenvalue weighted by Gasteiger charge is -2.06. The number of rotatable bonds is 7. The summed E-state index contributed by atoms with van der Waals surface area (Å²) in [5.41, 5.74) is 0.640. The van der Waals surface area contributed by atoms with Crippen LogP contribution >= 0.6 is 11.3 Å². The van der Waals surface area contributed by atoms with E-state index in [9.17, 15) is 19.7 Å². The van der Waals surface area contributed by atoms with Gasteiger partial charge in [-0.05, 0) is 30.5 Å². The van der Waals surface area contributed by atoms with Crippen LogP contribution in [-0.4, -0.2) is 40.0 Å². The molecule has 0 aliphatic rings. The van der Waals surface area contributed by atoms with Gasteiger partial charge in [-0.3, -0.25) is 19.7 Å². The highest BCUT2D eigenvalue weighted by atomic mass is 32.1. The third-order valence-corrected chi connectivity index (χ3v) is 4.58. The Morgan fingerprint density at radius 2 is 1.96 bits per heavy atom. The van der Waals surface area contributed by atoms with Gasteiger partial charge < -0.3 is 15.2 Å². The van der Waals surface area contributed by atoms with Gasteiger partial charge in [0.05, 0.1) is 9.80 Å². The number of hydrogen-bond acceptors (Lipinski definition) is 8. The molecular weight excluding hydrogens is 386 g/mol. The Morgan fingerprint density at radius 3 is 2.61 bits per heavy atom. The van der Waals surface area contributed by atoms with Crippen LogP contribution in [0.2, 0.25) is 0 Å². The maximum atomic E-state index is 12.1. The molecule has 0 spiro atoms. The molecular formula is C17H15N5O5S. The van der Waals surface area contributed by atoms with Crippen LogP contribution in [0.15, 0.2) is 40.2 Å². The Morgan fingerprint density at radius 1 is 1.21 bits per heavy atom. The summed E-state index contributed by atoms with van der Waals surface area (Å²) >= 11 is 1.43. The zero-order chi connectivity index (χ0) is 20.1. The van der Waals surface area contributed by atoms with E-state index >= 15 is 0 Å². The van der Waals surface area contributed by atoms with E-state index in [4.69, 9.17) is 4.52 Å². The molecule has 28 heavy (non-hydrogen) atoms. The molecule has 2 aromatic heterocycles. The van der Waals surface area contributed by atoms with Crippen molar-refractivity contribution in [1.29, 1.82) is 0 Å². The van der Waals surface area contributed by atoms with Crippen molar-refractivity contribution in [1.82, 2.24) is 20.8 Å². The first-order chi connectivity index (χ1) is 13.5. The predicted octanol–water partition coefficient (Wildman–Crippen LogP) is 2.17. The highest BCUT2D eigenvalue weighted by Crippen LogP contribution is 2.21. The molecule has 0 radical (unpaired) electrons. The number of nitrogens with zero attached hydrogens (tertiary/aromatic N) is 3. The molecule has 2 N–H and O–H groups in total. The molecule has 144 valence electrons. The third-order valence-electron chi connectivity index (χ3n) is 3.71. The average Bonchev–Trinajstić information content (AvgIpc) is 3.35.